The summed E-state index contributed by atoms with van der Waals surface area (Å²) in [5.74, 6) is 2.10. The van der Waals surface area contributed by atoms with E-state index in [9.17, 15) is 0 Å². The normalized spacial score (nSPS) is 10.8. The van der Waals surface area contributed by atoms with Gasteiger partial charge in [-0.25, -0.2) is 0 Å². The van der Waals surface area contributed by atoms with Crippen LogP contribution in [0.15, 0.2) is 40.9 Å². The van der Waals surface area contributed by atoms with E-state index in [0.717, 1.165) is 16.0 Å². The van der Waals surface area contributed by atoms with Crippen LogP contribution >= 0.6 is 15.9 Å². The van der Waals surface area contributed by atoms with Gasteiger partial charge in [-0.15, -0.1) is 0 Å². The fraction of sp³-hybridized carbons (Fsp3) is 0.250. The van der Waals surface area contributed by atoms with Gasteiger partial charge in [0.1, 0.15) is 11.5 Å². The monoisotopic (exact) mass is 319 g/mol. The van der Waals surface area contributed by atoms with Crippen molar-refractivity contribution in [2.24, 2.45) is 0 Å². The molecule has 2 N–H and O–H groups in total. The number of nitrogens with two attached hydrogens (primary N) is 1. The van der Waals surface area contributed by atoms with E-state index in [0.29, 0.717) is 11.6 Å². The van der Waals surface area contributed by atoms with Gasteiger partial charge in [0.25, 0.3) is 0 Å². The van der Waals surface area contributed by atoms with Crippen molar-refractivity contribution >= 4 is 21.6 Å². The highest BCUT2D eigenvalue weighted by molar-refractivity contribution is 9.10. The average Bonchev–Trinajstić information content (AvgIpc) is 2.32. The molecular weight excluding hydrogens is 302 g/mol. The molecule has 0 aliphatic carbocycles. The van der Waals surface area contributed by atoms with Gasteiger partial charge in [-0.1, -0.05) is 26.0 Å². The summed E-state index contributed by atoms with van der Waals surface area (Å²) in [5.41, 5.74) is 8.84. The zero-order valence-corrected chi connectivity index (χ0v) is 13.0. The van der Waals surface area contributed by atoms with Crippen molar-refractivity contribution in [2.45, 2.75) is 26.7 Å². The van der Waals surface area contributed by atoms with Gasteiger partial charge < -0.3 is 10.5 Å². The molecule has 2 rings (SSSR count). The number of benzene rings is 2. The van der Waals surface area contributed by atoms with Gasteiger partial charge in [-0.2, -0.15) is 0 Å². The average molecular weight is 320 g/mol. The molecule has 2 nitrogen and oxygen atoms in total. The standard InChI is InChI=1S/C16H18BrNO/c1-10(2)13-6-4-11(3)8-16(13)19-15-7-5-12(18)9-14(15)17/h4-10H,18H2,1-3H3. The molecule has 0 aromatic heterocycles. The zero-order chi connectivity index (χ0) is 14.0. The molecule has 0 bridgehead atoms. The van der Waals surface area contributed by atoms with E-state index in [1.165, 1.54) is 11.1 Å². The maximum absolute atomic E-state index is 6.03. The van der Waals surface area contributed by atoms with Gasteiger partial charge in [0.2, 0.25) is 0 Å². The second kappa shape index (κ2) is 5.66. The SMILES string of the molecule is Cc1ccc(C(C)C)c(Oc2ccc(N)cc2Br)c1. The fourth-order valence-corrected chi connectivity index (χ4v) is 2.40. The zero-order valence-electron chi connectivity index (χ0n) is 11.4. The summed E-state index contributed by atoms with van der Waals surface area (Å²) in [7, 11) is 0. The van der Waals surface area contributed by atoms with Crippen molar-refractivity contribution in [3.63, 3.8) is 0 Å². The lowest BCUT2D eigenvalue weighted by molar-refractivity contribution is 0.470. The van der Waals surface area contributed by atoms with Gasteiger partial charge in [0, 0.05) is 5.69 Å². The van der Waals surface area contributed by atoms with Crippen molar-refractivity contribution in [1.29, 1.82) is 0 Å². The molecule has 0 aliphatic heterocycles. The van der Waals surface area contributed by atoms with Crippen LogP contribution in [-0.2, 0) is 0 Å². The second-order valence-corrected chi connectivity index (χ2v) is 5.84. The summed E-state index contributed by atoms with van der Waals surface area (Å²) in [6.07, 6.45) is 0. The Morgan fingerprint density at radius 1 is 1.05 bits per heavy atom. The van der Waals surface area contributed by atoms with Crippen LogP contribution in [0.4, 0.5) is 5.69 Å². The Labute approximate surface area is 122 Å². The van der Waals surface area contributed by atoms with Crippen molar-refractivity contribution < 1.29 is 4.74 Å². The minimum Gasteiger partial charge on any atom is -0.456 e. The third kappa shape index (κ3) is 3.29. The minimum atomic E-state index is 0.420. The topological polar surface area (TPSA) is 35.2 Å². The first-order valence-corrected chi connectivity index (χ1v) is 7.10. The predicted octanol–water partition coefficient (Wildman–Crippen LogP) is 5.26. The molecule has 0 fully saturated rings. The van der Waals surface area contributed by atoms with E-state index in [-0.39, 0.29) is 0 Å². The maximum Gasteiger partial charge on any atom is 0.141 e. The first-order chi connectivity index (χ1) is 8.97. The Bertz CT molecular complexity index is 593. The van der Waals surface area contributed by atoms with Crippen LogP contribution in [0.5, 0.6) is 11.5 Å². The van der Waals surface area contributed by atoms with Crippen LogP contribution in [0.1, 0.15) is 30.9 Å². The summed E-state index contributed by atoms with van der Waals surface area (Å²) in [5, 5.41) is 0. The molecule has 0 heterocycles. The molecule has 0 atom stereocenters. The molecule has 2 aromatic carbocycles. The molecule has 0 saturated carbocycles. The summed E-state index contributed by atoms with van der Waals surface area (Å²) in [4.78, 5) is 0. The molecule has 3 heteroatoms. The van der Waals surface area contributed by atoms with Gasteiger partial charge in [0.15, 0.2) is 0 Å². The van der Waals surface area contributed by atoms with E-state index >= 15 is 0 Å². The number of halogens is 1. The van der Waals surface area contributed by atoms with E-state index in [2.05, 4.69) is 54.9 Å². The number of hydrogen-bond acceptors (Lipinski definition) is 2. The summed E-state index contributed by atoms with van der Waals surface area (Å²) >= 11 is 3.48. The van der Waals surface area contributed by atoms with Crippen LogP contribution in [0, 0.1) is 6.92 Å². The van der Waals surface area contributed by atoms with Crippen LogP contribution < -0.4 is 10.5 Å². The molecule has 100 valence electrons. The highest BCUT2D eigenvalue weighted by Gasteiger charge is 2.10. The number of aryl methyl sites for hydroxylation is 1. The third-order valence-electron chi connectivity index (χ3n) is 2.97. The molecule has 0 saturated heterocycles. The molecule has 0 unspecified atom stereocenters. The first kappa shape index (κ1) is 13.9. The highest BCUT2D eigenvalue weighted by atomic mass is 79.9. The lowest BCUT2D eigenvalue weighted by Gasteiger charge is -2.15. The van der Waals surface area contributed by atoms with Crippen LogP contribution in [-0.4, -0.2) is 0 Å². The Hall–Kier alpha value is -1.48. The minimum absolute atomic E-state index is 0.420. The molecule has 2 aromatic rings. The number of rotatable bonds is 3. The van der Waals surface area contributed by atoms with Crippen LogP contribution in [0.3, 0.4) is 0 Å². The van der Waals surface area contributed by atoms with Crippen LogP contribution in [0.25, 0.3) is 0 Å². The molecular formula is C16H18BrNO. The number of nitrogen functional groups attached to an aromatic ring is 1. The predicted molar refractivity (Wildman–Crippen MR) is 83.9 cm³/mol. The Kier molecular flexibility index (Phi) is 4.15. The molecule has 0 spiro atoms. The van der Waals surface area contributed by atoms with Crippen molar-refractivity contribution in [3.8, 4) is 11.5 Å². The van der Waals surface area contributed by atoms with E-state index < -0.39 is 0 Å². The van der Waals surface area contributed by atoms with Gasteiger partial charge in [-0.3, -0.25) is 0 Å². The molecule has 0 radical (unpaired) electrons. The van der Waals surface area contributed by atoms with Crippen molar-refractivity contribution in [3.05, 3.63) is 52.0 Å². The maximum atomic E-state index is 6.03. The summed E-state index contributed by atoms with van der Waals surface area (Å²) in [6, 6.07) is 11.9. The Morgan fingerprint density at radius 3 is 2.42 bits per heavy atom. The fourth-order valence-electron chi connectivity index (χ4n) is 1.93. The second-order valence-electron chi connectivity index (χ2n) is 4.99. The Morgan fingerprint density at radius 2 is 1.79 bits per heavy atom. The lowest BCUT2D eigenvalue weighted by atomic mass is 10.0. The van der Waals surface area contributed by atoms with E-state index in [1.807, 2.05) is 18.2 Å². The largest absolute Gasteiger partial charge is 0.456 e. The smallest absolute Gasteiger partial charge is 0.141 e. The first-order valence-electron chi connectivity index (χ1n) is 6.31. The van der Waals surface area contributed by atoms with Crippen LogP contribution in [0.2, 0.25) is 0 Å². The van der Waals surface area contributed by atoms with E-state index in [4.69, 9.17) is 10.5 Å². The van der Waals surface area contributed by atoms with Gasteiger partial charge in [-0.05, 0) is 64.2 Å². The summed E-state index contributed by atoms with van der Waals surface area (Å²) < 4.78 is 6.90. The van der Waals surface area contributed by atoms with Crippen molar-refractivity contribution in [1.82, 2.24) is 0 Å². The van der Waals surface area contributed by atoms with Gasteiger partial charge >= 0.3 is 0 Å². The number of hydrogen-bond donors (Lipinski definition) is 1. The number of ether oxygens (including phenoxy) is 1. The third-order valence-corrected chi connectivity index (χ3v) is 3.59. The van der Waals surface area contributed by atoms with Gasteiger partial charge in [0.05, 0.1) is 4.47 Å². The lowest BCUT2D eigenvalue weighted by Crippen LogP contribution is -1.95. The quantitative estimate of drug-likeness (QED) is 0.783. The number of anilines is 1. The molecule has 0 aliphatic rings. The Balaban J connectivity index is 2.39. The molecule has 19 heavy (non-hydrogen) atoms. The van der Waals surface area contributed by atoms with E-state index in [1.54, 1.807) is 0 Å². The molecule has 0 amide bonds. The highest BCUT2D eigenvalue weighted by Crippen LogP contribution is 2.35. The summed E-state index contributed by atoms with van der Waals surface area (Å²) in [6.45, 7) is 6.39. The van der Waals surface area contributed by atoms with Crippen molar-refractivity contribution in [2.75, 3.05) is 5.73 Å².